The highest BCUT2D eigenvalue weighted by Crippen LogP contribution is 2.13. The second-order valence-corrected chi connectivity index (χ2v) is 6.36. The van der Waals surface area contributed by atoms with Crippen molar-refractivity contribution in [3.63, 3.8) is 0 Å². The van der Waals surface area contributed by atoms with Gasteiger partial charge < -0.3 is 5.32 Å². The van der Waals surface area contributed by atoms with Gasteiger partial charge in [-0.05, 0) is 32.8 Å². The Morgan fingerprint density at radius 1 is 1.38 bits per heavy atom. The van der Waals surface area contributed by atoms with Crippen LogP contribution < -0.4 is 10.6 Å². The molecule has 8 heteroatoms. The van der Waals surface area contributed by atoms with Gasteiger partial charge in [-0.1, -0.05) is 18.3 Å². The van der Waals surface area contributed by atoms with E-state index in [2.05, 4.69) is 32.9 Å². The molecule has 0 fully saturated rings. The molecule has 2 aromatic heterocycles. The van der Waals surface area contributed by atoms with Gasteiger partial charge in [0, 0.05) is 18.8 Å². The standard InChI is InChI=1S/C13H20N6OS/c1-8(7-19-10(3)5-9(2)18-19)6-14-12(20)15-13-17-16-11(4)21-13/h5,8H,6-7H2,1-4H3,(H2,14,15,17,20). The van der Waals surface area contributed by atoms with Gasteiger partial charge >= 0.3 is 6.03 Å². The molecule has 1 unspecified atom stereocenters. The lowest BCUT2D eigenvalue weighted by atomic mass is 10.2. The lowest BCUT2D eigenvalue weighted by Crippen LogP contribution is -2.33. The van der Waals surface area contributed by atoms with Crippen LogP contribution in [0.5, 0.6) is 0 Å². The van der Waals surface area contributed by atoms with Crippen LogP contribution >= 0.6 is 11.3 Å². The van der Waals surface area contributed by atoms with Crippen LogP contribution in [0.25, 0.3) is 0 Å². The normalized spacial score (nSPS) is 12.2. The second kappa shape index (κ2) is 6.66. The van der Waals surface area contributed by atoms with E-state index in [4.69, 9.17) is 0 Å². The van der Waals surface area contributed by atoms with Crippen molar-refractivity contribution < 1.29 is 4.79 Å². The quantitative estimate of drug-likeness (QED) is 0.886. The zero-order valence-corrected chi connectivity index (χ0v) is 13.5. The summed E-state index contributed by atoms with van der Waals surface area (Å²) in [7, 11) is 0. The molecule has 0 saturated carbocycles. The second-order valence-electron chi connectivity index (χ2n) is 5.18. The molecule has 114 valence electrons. The Kier molecular flexibility index (Phi) is 4.89. The predicted molar refractivity (Wildman–Crippen MR) is 82.5 cm³/mol. The first-order chi connectivity index (χ1) is 9.94. The van der Waals surface area contributed by atoms with Crippen LogP contribution in [0, 0.1) is 26.7 Å². The number of nitrogens with zero attached hydrogens (tertiary/aromatic N) is 4. The number of urea groups is 1. The summed E-state index contributed by atoms with van der Waals surface area (Å²) in [6, 6.07) is 1.79. The van der Waals surface area contributed by atoms with E-state index in [0.717, 1.165) is 22.9 Å². The third kappa shape index (κ3) is 4.52. The Balaban J connectivity index is 1.77. The molecule has 21 heavy (non-hydrogen) atoms. The van der Waals surface area contributed by atoms with Crippen molar-refractivity contribution in [1.82, 2.24) is 25.3 Å². The number of hydrogen-bond donors (Lipinski definition) is 2. The lowest BCUT2D eigenvalue weighted by Gasteiger charge is -2.13. The highest BCUT2D eigenvalue weighted by Gasteiger charge is 2.10. The van der Waals surface area contributed by atoms with Crippen LogP contribution in [-0.2, 0) is 6.54 Å². The maximum Gasteiger partial charge on any atom is 0.321 e. The van der Waals surface area contributed by atoms with Crippen LogP contribution in [0.3, 0.4) is 0 Å². The molecule has 0 spiro atoms. The van der Waals surface area contributed by atoms with E-state index in [-0.39, 0.29) is 11.9 Å². The van der Waals surface area contributed by atoms with E-state index in [1.165, 1.54) is 11.3 Å². The molecular formula is C13H20N6OS. The highest BCUT2D eigenvalue weighted by molar-refractivity contribution is 7.15. The van der Waals surface area contributed by atoms with Gasteiger partial charge in [-0.3, -0.25) is 10.00 Å². The summed E-state index contributed by atoms with van der Waals surface area (Å²) in [6.45, 7) is 9.28. The van der Waals surface area contributed by atoms with Crippen molar-refractivity contribution in [1.29, 1.82) is 0 Å². The van der Waals surface area contributed by atoms with Crippen LogP contribution in [0.4, 0.5) is 9.93 Å². The van der Waals surface area contributed by atoms with Crippen LogP contribution in [0.2, 0.25) is 0 Å². The van der Waals surface area contributed by atoms with Gasteiger partial charge in [0.25, 0.3) is 0 Å². The summed E-state index contributed by atoms with van der Waals surface area (Å²) in [6.07, 6.45) is 0. The summed E-state index contributed by atoms with van der Waals surface area (Å²) < 4.78 is 1.97. The maximum atomic E-state index is 11.7. The fourth-order valence-electron chi connectivity index (χ4n) is 1.97. The fraction of sp³-hybridized carbons (Fsp3) is 0.538. The van der Waals surface area contributed by atoms with E-state index in [1.54, 1.807) is 0 Å². The average molecular weight is 308 g/mol. The molecule has 0 saturated heterocycles. The van der Waals surface area contributed by atoms with Crippen molar-refractivity contribution >= 4 is 22.5 Å². The van der Waals surface area contributed by atoms with Gasteiger partial charge in [-0.25, -0.2) is 4.79 Å². The van der Waals surface area contributed by atoms with E-state index >= 15 is 0 Å². The molecule has 0 bridgehead atoms. The van der Waals surface area contributed by atoms with Gasteiger partial charge in [0.05, 0.1) is 5.69 Å². The van der Waals surface area contributed by atoms with E-state index in [0.29, 0.717) is 11.7 Å². The van der Waals surface area contributed by atoms with Gasteiger partial charge in [0.1, 0.15) is 5.01 Å². The lowest BCUT2D eigenvalue weighted by molar-refractivity contribution is 0.249. The number of aryl methyl sites for hydroxylation is 3. The minimum atomic E-state index is -0.258. The molecule has 2 rings (SSSR count). The fourth-order valence-corrected chi connectivity index (χ4v) is 2.56. The monoisotopic (exact) mass is 308 g/mol. The first-order valence-corrected chi connectivity index (χ1v) is 7.61. The number of carbonyl (C=O) groups is 1. The van der Waals surface area contributed by atoms with Crippen molar-refractivity contribution in [3.8, 4) is 0 Å². The number of hydrogen-bond acceptors (Lipinski definition) is 5. The molecule has 0 aromatic carbocycles. The summed E-state index contributed by atoms with van der Waals surface area (Å²) in [4.78, 5) is 11.7. The molecule has 1 atom stereocenters. The third-order valence-electron chi connectivity index (χ3n) is 2.95. The van der Waals surface area contributed by atoms with Crippen molar-refractivity contribution in [3.05, 3.63) is 22.5 Å². The summed E-state index contributed by atoms with van der Waals surface area (Å²) >= 11 is 1.35. The Morgan fingerprint density at radius 2 is 2.14 bits per heavy atom. The Hall–Kier alpha value is -1.96. The molecule has 0 aliphatic heterocycles. The molecule has 2 N–H and O–H groups in total. The maximum absolute atomic E-state index is 11.7. The molecule has 2 aromatic rings. The van der Waals surface area contributed by atoms with Crippen LogP contribution in [-0.4, -0.2) is 32.6 Å². The molecule has 7 nitrogen and oxygen atoms in total. The van der Waals surface area contributed by atoms with Crippen LogP contribution in [0.15, 0.2) is 6.07 Å². The van der Waals surface area contributed by atoms with Gasteiger partial charge in [-0.15, -0.1) is 10.2 Å². The van der Waals surface area contributed by atoms with Crippen LogP contribution in [0.1, 0.15) is 23.3 Å². The molecule has 0 aliphatic rings. The summed E-state index contributed by atoms with van der Waals surface area (Å²) in [5.41, 5.74) is 2.14. The molecule has 0 aliphatic carbocycles. The van der Waals surface area contributed by atoms with E-state index in [9.17, 15) is 4.79 Å². The van der Waals surface area contributed by atoms with Crippen molar-refractivity contribution in [2.75, 3.05) is 11.9 Å². The number of amides is 2. The molecule has 2 heterocycles. The van der Waals surface area contributed by atoms with Gasteiger partial charge in [-0.2, -0.15) is 5.10 Å². The third-order valence-corrected chi connectivity index (χ3v) is 3.70. The van der Waals surface area contributed by atoms with Gasteiger partial charge in [0.2, 0.25) is 5.13 Å². The number of nitrogens with one attached hydrogen (secondary N) is 2. The topological polar surface area (TPSA) is 84.7 Å². The minimum absolute atomic E-state index is 0.258. The van der Waals surface area contributed by atoms with Crippen molar-refractivity contribution in [2.24, 2.45) is 5.92 Å². The minimum Gasteiger partial charge on any atom is -0.337 e. The first kappa shape index (κ1) is 15.4. The molecular weight excluding hydrogens is 288 g/mol. The number of aromatic nitrogens is 4. The van der Waals surface area contributed by atoms with Crippen molar-refractivity contribution in [2.45, 2.75) is 34.2 Å². The molecule has 2 amide bonds. The summed E-state index contributed by atoms with van der Waals surface area (Å²) in [5, 5.41) is 19.0. The largest absolute Gasteiger partial charge is 0.337 e. The number of rotatable bonds is 5. The number of anilines is 1. The Labute approximate surface area is 127 Å². The SMILES string of the molecule is Cc1cc(C)n(CC(C)CNC(=O)Nc2nnc(C)s2)n1. The average Bonchev–Trinajstić information content (AvgIpc) is 2.93. The van der Waals surface area contributed by atoms with E-state index < -0.39 is 0 Å². The Morgan fingerprint density at radius 3 is 2.71 bits per heavy atom. The zero-order chi connectivity index (χ0) is 15.4. The molecule has 0 radical (unpaired) electrons. The van der Waals surface area contributed by atoms with Gasteiger partial charge in [0.15, 0.2) is 0 Å². The zero-order valence-electron chi connectivity index (χ0n) is 12.7. The predicted octanol–water partition coefficient (Wildman–Crippen LogP) is 2.12. The highest BCUT2D eigenvalue weighted by atomic mass is 32.1. The van der Waals surface area contributed by atoms with E-state index in [1.807, 2.05) is 31.5 Å². The Bertz CT molecular complexity index is 620. The number of carbonyl (C=O) groups excluding carboxylic acids is 1. The smallest absolute Gasteiger partial charge is 0.321 e. The summed E-state index contributed by atoms with van der Waals surface area (Å²) in [5.74, 6) is 0.282. The first-order valence-electron chi connectivity index (χ1n) is 6.80.